The monoisotopic (exact) mass is 246 g/mol. The molecule has 4 unspecified atom stereocenters. The van der Waals surface area contributed by atoms with Crippen LogP contribution in [0, 0.1) is 12.8 Å². The number of aryl methyl sites for hydroxylation is 1. The topological polar surface area (TPSA) is 34.2 Å². The third kappa shape index (κ3) is 2.06. The molecule has 1 aromatic heterocycles. The summed E-state index contributed by atoms with van der Waals surface area (Å²) >= 11 is 0. The molecule has 2 bridgehead atoms. The average molecular weight is 246 g/mol. The third-order valence-corrected chi connectivity index (χ3v) is 4.42. The third-order valence-electron chi connectivity index (χ3n) is 4.42. The number of fused-ring (bicyclic) bond motifs is 2. The fraction of sp³-hybridized carbons (Fsp3) is 0.667. The van der Waals surface area contributed by atoms with Crippen LogP contribution < -0.4 is 5.32 Å². The van der Waals surface area contributed by atoms with Crippen molar-refractivity contribution in [2.75, 3.05) is 6.54 Å². The summed E-state index contributed by atoms with van der Waals surface area (Å²) in [4.78, 5) is 4.30. The smallest absolute Gasteiger partial charge is 0.0627 e. The van der Waals surface area contributed by atoms with E-state index in [-0.39, 0.29) is 0 Å². The SMILES string of the molecule is CCNC(c1cnccc1C)C1CC2CCC1O2. The molecule has 3 heteroatoms. The van der Waals surface area contributed by atoms with Gasteiger partial charge in [-0.3, -0.25) is 4.98 Å². The van der Waals surface area contributed by atoms with E-state index in [0.717, 1.165) is 6.54 Å². The zero-order valence-electron chi connectivity index (χ0n) is 11.2. The zero-order chi connectivity index (χ0) is 12.5. The van der Waals surface area contributed by atoms with Gasteiger partial charge in [0, 0.05) is 24.4 Å². The van der Waals surface area contributed by atoms with Crippen LogP contribution in [-0.2, 0) is 4.74 Å². The van der Waals surface area contributed by atoms with Gasteiger partial charge in [0.15, 0.2) is 0 Å². The van der Waals surface area contributed by atoms with Gasteiger partial charge in [0.25, 0.3) is 0 Å². The minimum Gasteiger partial charge on any atom is -0.375 e. The first-order valence-corrected chi connectivity index (χ1v) is 7.09. The lowest BCUT2D eigenvalue weighted by atomic mass is 9.80. The summed E-state index contributed by atoms with van der Waals surface area (Å²) in [5, 5.41) is 3.65. The molecule has 0 aliphatic carbocycles. The Bertz CT molecular complexity index is 421. The lowest BCUT2D eigenvalue weighted by Crippen LogP contribution is -2.34. The Kier molecular flexibility index (Phi) is 3.35. The summed E-state index contributed by atoms with van der Waals surface area (Å²) in [6, 6.07) is 2.51. The van der Waals surface area contributed by atoms with Crippen molar-refractivity contribution >= 4 is 0 Å². The molecule has 1 aromatic rings. The molecule has 2 saturated heterocycles. The fourth-order valence-corrected chi connectivity index (χ4v) is 3.54. The number of rotatable bonds is 4. The molecule has 2 aliphatic heterocycles. The Labute approximate surface area is 109 Å². The highest BCUT2D eigenvalue weighted by molar-refractivity contribution is 5.26. The van der Waals surface area contributed by atoms with Crippen LogP contribution in [0.3, 0.4) is 0 Å². The molecule has 98 valence electrons. The normalized spacial score (nSPS) is 31.8. The zero-order valence-corrected chi connectivity index (χ0v) is 11.2. The second kappa shape index (κ2) is 4.98. The largest absolute Gasteiger partial charge is 0.375 e. The predicted molar refractivity (Wildman–Crippen MR) is 71.4 cm³/mol. The molecular weight excluding hydrogens is 224 g/mol. The van der Waals surface area contributed by atoms with E-state index in [0.29, 0.717) is 24.2 Å². The fourth-order valence-electron chi connectivity index (χ4n) is 3.54. The maximum absolute atomic E-state index is 6.01. The van der Waals surface area contributed by atoms with Crippen molar-refractivity contribution in [2.24, 2.45) is 5.92 Å². The van der Waals surface area contributed by atoms with Gasteiger partial charge in [-0.15, -0.1) is 0 Å². The minimum atomic E-state index is 0.402. The molecule has 0 radical (unpaired) electrons. The van der Waals surface area contributed by atoms with Crippen molar-refractivity contribution < 1.29 is 4.74 Å². The first-order valence-electron chi connectivity index (χ1n) is 7.09. The molecule has 18 heavy (non-hydrogen) atoms. The molecule has 3 nitrogen and oxygen atoms in total. The van der Waals surface area contributed by atoms with Crippen LogP contribution in [0.5, 0.6) is 0 Å². The number of hydrogen-bond donors (Lipinski definition) is 1. The van der Waals surface area contributed by atoms with E-state index in [4.69, 9.17) is 4.74 Å². The van der Waals surface area contributed by atoms with Crippen LogP contribution in [0.15, 0.2) is 18.5 Å². The second-order valence-electron chi connectivity index (χ2n) is 5.54. The first kappa shape index (κ1) is 12.1. The van der Waals surface area contributed by atoms with Gasteiger partial charge in [-0.25, -0.2) is 0 Å². The van der Waals surface area contributed by atoms with E-state index in [1.807, 2.05) is 12.4 Å². The van der Waals surface area contributed by atoms with Gasteiger partial charge in [-0.05, 0) is 49.9 Å². The Morgan fingerprint density at radius 1 is 1.50 bits per heavy atom. The highest BCUT2D eigenvalue weighted by Crippen LogP contribution is 2.44. The number of nitrogens with one attached hydrogen (secondary N) is 1. The number of nitrogens with zero attached hydrogens (tertiary/aromatic N) is 1. The second-order valence-corrected chi connectivity index (χ2v) is 5.54. The van der Waals surface area contributed by atoms with E-state index in [2.05, 4.69) is 30.2 Å². The first-order chi connectivity index (χ1) is 8.79. The van der Waals surface area contributed by atoms with E-state index in [1.165, 1.54) is 30.4 Å². The van der Waals surface area contributed by atoms with Crippen LogP contribution in [0.1, 0.15) is 43.4 Å². The lowest BCUT2D eigenvalue weighted by Gasteiger charge is -2.30. The van der Waals surface area contributed by atoms with Gasteiger partial charge in [0.2, 0.25) is 0 Å². The van der Waals surface area contributed by atoms with Gasteiger partial charge in [-0.2, -0.15) is 0 Å². The molecule has 4 atom stereocenters. The molecule has 3 heterocycles. The Morgan fingerprint density at radius 2 is 2.39 bits per heavy atom. The molecule has 0 amide bonds. The standard InChI is InChI=1S/C15H22N2O/c1-3-17-15(13-9-16-7-6-10(13)2)12-8-11-4-5-14(12)18-11/h6-7,9,11-12,14-15,17H,3-5,8H2,1-2H3. The van der Waals surface area contributed by atoms with Gasteiger partial charge >= 0.3 is 0 Å². The van der Waals surface area contributed by atoms with E-state index in [9.17, 15) is 0 Å². The highest BCUT2D eigenvalue weighted by atomic mass is 16.5. The average Bonchev–Trinajstić information content (AvgIpc) is 2.99. The molecule has 0 saturated carbocycles. The van der Waals surface area contributed by atoms with Crippen molar-refractivity contribution in [3.8, 4) is 0 Å². The molecule has 1 N–H and O–H groups in total. The molecule has 2 aliphatic rings. The minimum absolute atomic E-state index is 0.402. The van der Waals surface area contributed by atoms with Gasteiger partial charge in [0.1, 0.15) is 0 Å². The van der Waals surface area contributed by atoms with Crippen LogP contribution in [-0.4, -0.2) is 23.7 Å². The van der Waals surface area contributed by atoms with Crippen LogP contribution in [0.2, 0.25) is 0 Å². The van der Waals surface area contributed by atoms with Gasteiger partial charge < -0.3 is 10.1 Å². The van der Waals surface area contributed by atoms with E-state index < -0.39 is 0 Å². The van der Waals surface area contributed by atoms with Gasteiger partial charge in [-0.1, -0.05) is 6.92 Å². The maximum Gasteiger partial charge on any atom is 0.0627 e. The van der Waals surface area contributed by atoms with E-state index >= 15 is 0 Å². The van der Waals surface area contributed by atoms with Crippen LogP contribution in [0.25, 0.3) is 0 Å². The van der Waals surface area contributed by atoms with E-state index in [1.54, 1.807) is 0 Å². The van der Waals surface area contributed by atoms with Crippen molar-refractivity contribution in [1.29, 1.82) is 0 Å². The van der Waals surface area contributed by atoms with Crippen LogP contribution in [0.4, 0.5) is 0 Å². The Morgan fingerprint density at radius 3 is 3.00 bits per heavy atom. The molecule has 3 rings (SSSR count). The molecular formula is C15H22N2O. The number of ether oxygens (including phenoxy) is 1. The highest BCUT2D eigenvalue weighted by Gasteiger charge is 2.44. The summed E-state index contributed by atoms with van der Waals surface area (Å²) in [5.74, 6) is 0.617. The number of aromatic nitrogens is 1. The van der Waals surface area contributed by atoms with Crippen molar-refractivity contribution in [2.45, 2.75) is 51.4 Å². The molecule has 0 aromatic carbocycles. The van der Waals surface area contributed by atoms with Crippen LogP contribution >= 0.6 is 0 Å². The maximum atomic E-state index is 6.01. The van der Waals surface area contributed by atoms with Crippen molar-refractivity contribution in [3.05, 3.63) is 29.6 Å². The summed E-state index contributed by atoms with van der Waals surface area (Å²) in [7, 11) is 0. The predicted octanol–water partition coefficient (Wildman–Crippen LogP) is 2.61. The molecule has 0 spiro atoms. The lowest BCUT2D eigenvalue weighted by molar-refractivity contribution is 0.0857. The summed E-state index contributed by atoms with van der Waals surface area (Å²) in [5.41, 5.74) is 2.68. The quantitative estimate of drug-likeness (QED) is 0.886. The summed E-state index contributed by atoms with van der Waals surface area (Å²) < 4.78 is 6.01. The van der Waals surface area contributed by atoms with Crippen molar-refractivity contribution in [1.82, 2.24) is 10.3 Å². The summed E-state index contributed by atoms with van der Waals surface area (Å²) in [6.07, 6.45) is 8.56. The summed E-state index contributed by atoms with van der Waals surface area (Å²) in [6.45, 7) is 5.34. The Hall–Kier alpha value is -0.930. The molecule has 2 fully saturated rings. The number of pyridine rings is 1. The van der Waals surface area contributed by atoms with Gasteiger partial charge in [0.05, 0.1) is 12.2 Å². The van der Waals surface area contributed by atoms with Crippen molar-refractivity contribution in [3.63, 3.8) is 0 Å². The Balaban J connectivity index is 1.86. The number of hydrogen-bond acceptors (Lipinski definition) is 3.